The summed E-state index contributed by atoms with van der Waals surface area (Å²) in [6.07, 6.45) is 0.368. The zero-order valence-corrected chi connectivity index (χ0v) is 19.7. The van der Waals surface area contributed by atoms with E-state index >= 15 is 0 Å². The number of hydrogen-bond acceptors (Lipinski definition) is 3. The molecule has 0 rings (SSSR count). The van der Waals surface area contributed by atoms with Crippen molar-refractivity contribution in [2.24, 2.45) is 0 Å². The Labute approximate surface area is 153 Å². The number of ether oxygens (including phenoxy) is 2. The van der Waals surface area contributed by atoms with Crippen LogP contribution in [0.3, 0.4) is 0 Å². The molecule has 0 aliphatic carbocycles. The van der Waals surface area contributed by atoms with Crippen LogP contribution >= 0.6 is 0 Å². The highest BCUT2D eigenvalue weighted by atomic mass is 28.4. The minimum Gasteiger partial charge on any atom is -0.435 e. The van der Waals surface area contributed by atoms with Crippen LogP contribution < -0.4 is 0 Å². The molecule has 0 radical (unpaired) electrons. The third-order valence-electron chi connectivity index (χ3n) is 5.58. The average molecular weight is 385 g/mol. The monoisotopic (exact) mass is 384 g/mol. The zero-order chi connectivity index (χ0) is 18.9. The summed E-state index contributed by atoms with van der Waals surface area (Å²) in [5, 5.41) is 0. The van der Waals surface area contributed by atoms with Gasteiger partial charge in [-0.25, -0.2) is 4.79 Å². The van der Waals surface area contributed by atoms with Crippen molar-refractivity contribution in [1.82, 2.24) is 0 Å². The molecule has 0 aliphatic heterocycles. The second-order valence-electron chi connectivity index (χ2n) is 7.63. The molecule has 0 aromatic carbocycles. The number of hydrogen-bond donors (Lipinski definition) is 0. The normalized spacial score (nSPS) is 12.9. The molecule has 0 unspecified atom stereocenters. The lowest BCUT2D eigenvalue weighted by molar-refractivity contribution is 0.0591. The molecule has 138 valence electrons. The topological polar surface area (TPSA) is 35.5 Å². The first kappa shape index (κ1) is 23.1. The molecule has 0 aliphatic rings. The van der Waals surface area contributed by atoms with Crippen LogP contribution in [0.2, 0.25) is 29.5 Å². The maximum atomic E-state index is 11.2. The first-order valence-electron chi connectivity index (χ1n) is 8.80. The first-order valence-corrected chi connectivity index (χ1v) is 16.2. The van der Waals surface area contributed by atoms with Crippen molar-refractivity contribution in [1.29, 1.82) is 0 Å². The Hall–Kier alpha value is -0.859. The first-order chi connectivity index (χ1) is 11.1. The van der Waals surface area contributed by atoms with Crippen LogP contribution in [0.15, 0.2) is 36.8 Å². The molecule has 24 heavy (non-hydrogen) atoms. The lowest BCUT2D eigenvalue weighted by Crippen LogP contribution is -2.45. The molecule has 0 fully saturated rings. The fourth-order valence-electron chi connectivity index (χ4n) is 2.59. The maximum Gasteiger partial charge on any atom is 0.508 e. The van der Waals surface area contributed by atoms with Gasteiger partial charge < -0.3 is 9.47 Å². The Bertz CT molecular complexity index is 423. The van der Waals surface area contributed by atoms with Crippen LogP contribution in [0.1, 0.15) is 27.2 Å². The van der Waals surface area contributed by atoms with Crippen LogP contribution in [-0.2, 0) is 9.47 Å². The van der Waals surface area contributed by atoms with E-state index in [9.17, 15) is 4.79 Å². The molecule has 0 bridgehead atoms. The van der Waals surface area contributed by atoms with Crippen molar-refractivity contribution in [3.8, 4) is 0 Å². The Kier molecular flexibility index (Phi) is 9.84. The van der Waals surface area contributed by atoms with Crippen molar-refractivity contribution in [3.63, 3.8) is 0 Å². The average Bonchev–Trinajstić information content (AvgIpc) is 2.53. The van der Waals surface area contributed by atoms with Crippen LogP contribution in [0.25, 0.3) is 0 Å². The maximum absolute atomic E-state index is 11.2. The number of carbonyl (C=O) groups excluding carboxylic acids is 1. The Morgan fingerprint density at radius 1 is 1.12 bits per heavy atom. The van der Waals surface area contributed by atoms with Gasteiger partial charge in [0.25, 0.3) is 0 Å². The molecular formula is C18H36O3Si3. The number of rotatable bonds is 12. The molecule has 0 atom stereocenters. The molecule has 3 nitrogen and oxygen atoms in total. The lowest BCUT2D eigenvalue weighted by Gasteiger charge is -2.41. The summed E-state index contributed by atoms with van der Waals surface area (Å²) in [5.41, 5.74) is 7.58. The van der Waals surface area contributed by atoms with Crippen LogP contribution in [0.4, 0.5) is 4.79 Å². The summed E-state index contributed by atoms with van der Waals surface area (Å²) in [4.78, 5) is 11.2. The van der Waals surface area contributed by atoms with Crippen LogP contribution in [0, 0.1) is 0 Å². The van der Waals surface area contributed by atoms with Gasteiger partial charge in [-0.2, -0.15) is 0 Å². The van der Waals surface area contributed by atoms with Crippen LogP contribution in [0.5, 0.6) is 0 Å². The summed E-state index contributed by atoms with van der Waals surface area (Å²) >= 11 is 0. The minimum absolute atomic E-state index is 0.283. The largest absolute Gasteiger partial charge is 0.508 e. The molecule has 0 heterocycles. The van der Waals surface area contributed by atoms with Gasteiger partial charge in [-0.3, -0.25) is 0 Å². The molecular weight excluding hydrogens is 348 g/mol. The third-order valence-corrected chi connectivity index (χ3v) is 22.5. The Morgan fingerprint density at radius 3 is 2.12 bits per heavy atom. The van der Waals surface area contributed by atoms with E-state index in [1.807, 2.05) is 0 Å². The van der Waals surface area contributed by atoms with Crippen molar-refractivity contribution in [3.05, 3.63) is 36.8 Å². The lowest BCUT2D eigenvalue weighted by atomic mass is 10.5. The zero-order valence-electron chi connectivity index (χ0n) is 16.3. The summed E-state index contributed by atoms with van der Waals surface area (Å²) in [6.45, 7) is 24.5. The highest BCUT2D eigenvalue weighted by Crippen LogP contribution is 2.40. The van der Waals surface area contributed by atoms with E-state index in [1.165, 1.54) is 5.67 Å². The van der Waals surface area contributed by atoms with E-state index < -0.39 is 22.3 Å². The van der Waals surface area contributed by atoms with Gasteiger partial charge in [-0.15, -0.1) is 19.7 Å². The van der Waals surface area contributed by atoms with Crippen molar-refractivity contribution >= 4 is 31.8 Å². The predicted octanol–water partition coefficient (Wildman–Crippen LogP) is 4.75. The quantitative estimate of drug-likeness (QED) is 0.277. The number of carbonyl (C=O) groups is 1. The molecule has 0 N–H and O–H groups in total. The van der Waals surface area contributed by atoms with E-state index in [0.29, 0.717) is 17.9 Å². The van der Waals surface area contributed by atoms with Gasteiger partial charge in [0.1, 0.15) is 8.07 Å². The van der Waals surface area contributed by atoms with Gasteiger partial charge >= 0.3 is 6.16 Å². The van der Waals surface area contributed by atoms with Crippen molar-refractivity contribution in [2.75, 3.05) is 13.2 Å². The van der Waals surface area contributed by atoms with Gasteiger partial charge in [0.05, 0.1) is 13.2 Å². The SMILES string of the molecule is C=C[Si](C=C)(C=C)C[SiH2]C(C)(C)[Si](C)(C)CCCOC(=O)OCC. The smallest absolute Gasteiger partial charge is 0.435 e. The third kappa shape index (κ3) is 6.94. The van der Waals surface area contributed by atoms with E-state index in [0.717, 1.165) is 12.5 Å². The van der Waals surface area contributed by atoms with E-state index in [4.69, 9.17) is 9.47 Å². The highest BCUT2D eigenvalue weighted by molar-refractivity contribution is 7.00. The van der Waals surface area contributed by atoms with Gasteiger partial charge in [0.2, 0.25) is 0 Å². The minimum atomic E-state index is -1.68. The molecule has 6 heteroatoms. The van der Waals surface area contributed by atoms with Crippen molar-refractivity contribution < 1.29 is 14.3 Å². The van der Waals surface area contributed by atoms with Gasteiger partial charge in [0.15, 0.2) is 0 Å². The van der Waals surface area contributed by atoms with Crippen molar-refractivity contribution in [2.45, 2.75) is 56.7 Å². The second-order valence-corrected chi connectivity index (χ2v) is 21.7. The highest BCUT2D eigenvalue weighted by Gasteiger charge is 2.39. The van der Waals surface area contributed by atoms with Gasteiger partial charge in [-0.1, -0.05) is 55.8 Å². The van der Waals surface area contributed by atoms with E-state index in [-0.39, 0.29) is 9.52 Å². The summed E-state index contributed by atoms with van der Waals surface area (Å²) in [7, 11) is -3.37. The molecule has 0 spiro atoms. The van der Waals surface area contributed by atoms with Gasteiger partial charge in [-0.05, 0) is 18.0 Å². The fourth-order valence-corrected chi connectivity index (χ4v) is 15.8. The summed E-state index contributed by atoms with van der Waals surface area (Å²) in [5.74, 6) is 0. The Morgan fingerprint density at radius 2 is 1.67 bits per heavy atom. The van der Waals surface area contributed by atoms with Gasteiger partial charge in [0, 0.05) is 17.6 Å². The molecule has 0 aromatic rings. The second kappa shape index (κ2) is 10.2. The fraction of sp³-hybridized carbons (Fsp3) is 0.611. The standard InChI is InChI=1S/C18H36O3Si3/c1-9-20-17(19)21-14-13-15-23(7,8)18(5,6)22-16-24(10-2,11-3)12-4/h10-12H,2-4,9,13-16,22H2,1,5-8H3. The molecule has 0 amide bonds. The summed E-state index contributed by atoms with van der Waals surface area (Å²) < 4.78 is 10.3. The van der Waals surface area contributed by atoms with E-state index in [2.05, 4.69) is 63.8 Å². The van der Waals surface area contributed by atoms with Crippen LogP contribution in [-0.4, -0.2) is 45.0 Å². The summed E-state index contributed by atoms with van der Waals surface area (Å²) in [6, 6.07) is 1.16. The molecule has 0 saturated carbocycles. The predicted molar refractivity (Wildman–Crippen MR) is 114 cm³/mol. The Balaban J connectivity index is 4.58. The molecule has 0 aromatic heterocycles. The molecule has 0 saturated heterocycles. The van der Waals surface area contributed by atoms with E-state index in [1.54, 1.807) is 6.92 Å².